The van der Waals surface area contributed by atoms with Gasteiger partial charge in [0.1, 0.15) is 12.7 Å². The lowest BCUT2D eigenvalue weighted by atomic mass is 10.1. The zero-order valence-corrected chi connectivity index (χ0v) is 30.2. The van der Waals surface area contributed by atoms with E-state index >= 15 is 0 Å². The number of carboxylic acids is 1. The lowest BCUT2D eigenvalue weighted by Crippen LogP contribution is -2.43. The smallest absolute Gasteiger partial charge is 0.472 e. The third-order valence-corrected chi connectivity index (χ3v) is 8.08. The molecule has 0 bridgehead atoms. The molecule has 0 fully saturated rings. The molecule has 0 aromatic rings. The van der Waals surface area contributed by atoms with Gasteiger partial charge in [-0.2, -0.15) is 0 Å². The van der Waals surface area contributed by atoms with Crippen molar-refractivity contribution in [2.75, 3.05) is 19.8 Å². The number of esters is 1. The normalized spacial score (nSPS) is 14.6. The van der Waals surface area contributed by atoms with Crippen LogP contribution in [0.2, 0.25) is 0 Å². The summed E-state index contributed by atoms with van der Waals surface area (Å²) in [7, 11) is -4.75. The van der Waals surface area contributed by atoms with Gasteiger partial charge >= 0.3 is 19.8 Å². The van der Waals surface area contributed by atoms with Crippen LogP contribution in [0.1, 0.15) is 129 Å². The molecule has 11 nitrogen and oxygen atoms in total. The summed E-state index contributed by atoms with van der Waals surface area (Å²) in [5, 5.41) is 21.6. The largest absolute Gasteiger partial charge is 0.480 e. The summed E-state index contributed by atoms with van der Waals surface area (Å²) in [6.45, 7) is 2.36. The molecule has 0 heterocycles. The van der Waals surface area contributed by atoms with Crippen molar-refractivity contribution in [1.29, 1.82) is 0 Å². The molecule has 1 amide bonds. The number of carboxylic acid groups (broad SMARTS) is 1. The van der Waals surface area contributed by atoms with Crippen LogP contribution in [0.3, 0.4) is 0 Å². The van der Waals surface area contributed by atoms with Gasteiger partial charge in [-0.05, 0) is 51.4 Å². The Bertz CT molecular complexity index is 1010. The molecule has 0 aliphatic rings. The number of rotatable bonds is 32. The second kappa shape index (κ2) is 31.7. The van der Waals surface area contributed by atoms with Crippen molar-refractivity contribution in [2.24, 2.45) is 0 Å². The monoisotopic (exact) mass is 699 g/mol. The predicted octanol–water partition coefficient (Wildman–Crippen LogP) is 7.88. The fourth-order valence-corrected chi connectivity index (χ4v) is 5.13. The number of phosphoric acid groups is 1. The first-order chi connectivity index (χ1) is 23.1. The molecule has 0 aliphatic heterocycles. The van der Waals surface area contributed by atoms with Crippen molar-refractivity contribution in [3.8, 4) is 0 Å². The Hall–Kier alpha value is -2.56. The van der Waals surface area contributed by atoms with E-state index in [1.165, 1.54) is 32.1 Å². The number of hydrogen-bond donors (Lipinski definition) is 4. The molecule has 276 valence electrons. The topological polar surface area (TPSA) is 169 Å². The van der Waals surface area contributed by atoms with Gasteiger partial charge in [0.2, 0.25) is 5.91 Å². The van der Waals surface area contributed by atoms with Crippen LogP contribution in [-0.2, 0) is 32.7 Å². The highest BCUT2D eigenvalue weighted by molar-refractivity contribution is 7.47. The Morgan fingerprint density at radius 3 is 1.79 bits per heavy atom. The molecule has 0 saturated carbocycles. The first kappa shape index (κ1) is 45.4. The molecular formula is C36H62NO10P. The van der Waals surface area contributed by atoms with Crippen molar-refractivity contribution in [1.82, 2.24) is 5.32 Å². The van der Waals surface area contributed by atoms with Gasteiger partial charge in [-0.15, -0.1) is 0 Å². The van der Waals surface area contributed by atoms with Gasteiger partial charge in [0.25, 0.3) is 0 Å². The highest BCUT2D eigenvalue weighted by atomic mass is 31.2. The fourth-order valence-electron chi connectivity index (χ4n) is 4.36. The molecule has 0 saturated heterocycles. The van der Waals surface area contributed by atoms with Crippen LogP contribution in [0.15, 0.2) is 48.6 Å². The number of aliphatic carboxylic acids is 1. The predicted molar refractivity (Wildman–Crippen MR) is 189 cm³/mol. The summed E-state index contributed by atoms with van der Waals surface area (Å²) in [6, 6.07) is -1.55. The second-order valence-electron chi connectivity index (χ2n) is 11.7. The SMILES string of the molecule is CC/C=C\C/C=C\C/C=C\C/C=C\CCCCC(=O)OCC(O)COP(=O)(O)OCC(NC(=O)CCCCCCCCCCC)C(=O)O. The number of aliphatic hydroxyl groups excluding tert-OH is 1. The van der Waals surface area contributed by atoms with Gasteiger partial charge in [0.05, 0.1) is 13.2 Å². The minimum atomic E-state index is -4.75. The van der Waals surface area contributed by atoms with E-state index in [9.17, 15) is 34.1 Å². The molecule has 48 heavy (non-hydrogen) atoms. The maximum absolute atomic E-state index is 12.2. The van der Waals surface area contributed by atoms with Crippen LogP contribution in [0.25, 0.3) is 0 Å². The average Bonchev–Trinajstić information content (AvgIpc) is 3.05. The van der Waals surface area contributed by atoms with Crippen LogP contribution in [0.4, 0.5) is 0 Å². The average molecular weight is 700 g/mol. The van der Waals surface area contributed by atoms with E-state index in [4.69, 9.17) is 13.8 Å². The number of nitrogens with one attached hydrogen (secondary N) is 1. The van der Waals surface area contributed by atoms with E-state index in [-0.39, 0.29) is 12.8 Å². The Balaban J connectivity index is 4.05. The summed E-state index contributed by atoms with van der Waals surface area (Å²) in [4.78, 5) is 45.5. The molecule has 0 aromatic heterocycles. The van der Waals surface area contributed by atoms with Crippen LogP contribution >= 0.6 is 7.82 Å². The maximum Gasteiger partial charge on any atom is 0.472 e. The van der Waals surface area contributed by atoms with E-state index < -0.39 is 57.6 Å². The van der Waals surface area contributed by atoms with Crippen molar-refractivity contribution in [3.63, 3.8) is 0 Å². The van der Waals surface area contributed by atoms with Crippen molar-refractivity contribution >= 4 is 25.7 Å². The first-order valence-corrected chi connectivity index (χ1v) is 19.2. The van der Waals surface area contributed by atoms with Gasteiger partial charge < -0.3 is 25.2 Å². The highest BCUT2D eigenvalue weighted by Gasteiger charge is 2.28. The number of unbranched alkanes of at least 4 members (excludes halogenated alkanes) is 10. The number of aliphatic hydroxyl groups is 1. The van der Waals surface area contributed by atoms with Gasteiger partial charge in [0, 0.05) is 12.8 Å². The number of amides is 1. The minimum absolute atomic E-state index is 0.142. The third kappa shape index (κ3) is 30.8. The molecule has 0 aromatic carbocycles. The lowest BCUT2D eigenvalue weighted by molar-refractivity contribution is -0.147. The molecular weight excluding hydrogens is 637 g/mol. The molecule has 4 N–H and O–H groups in total. The van der Waals surface area contributed by atoms with E-state index in [2.05, 4.69) is 67.8 Å². The minimum Gasteiger partial charge on any atom is -0.480 e. The van der Waals surface area contributed by atoms with Crippen LogP contribution in [0.5, 0.6) is 0 Å². The summed E-state index contributed by atoms with van der Waals surface area (Å²) in [5.74, 6) is -2.43. The van der Waals surface area contributed by atoms with E-state index in [1.54, 1.807) is 0 Å². The van der Waals surface area contributed by atoms with Crippen LogP contribution in [0, 0.1) is 0 Å². The number of carbonyl (C=O) groups is 3. The Morgan fingerprint density at radius 1 is 0.688 bits per heavy atom. The Morgan fingerprint density at radius 2 is 1.21 bits per heavy atom. The third-order valence-electron chi connectivity index (χ3n) is 7.13. The Kier molecular flexibility index (Phi) is 30.0. The van der Waals surface area contributed by atoms with Crippen molar-refractivity contribution < 1.29 is 47.8 Å². The molecule has 3 atom stereocenters. The number of hydrogen-bond acceptors (Lipinski definition) is 8. The van der Waals surface area contributed by atoms with Gasteiger partial charge in [-0.1, -0.05) is 114 Å². The number of phosphoric ester groups is 1. The second-order valence-corrected chi connectivity index (χ2v) is 13.1. The highest BCUT2D eigenvalue weighted by Crippen LogP contribution is 2.43. The van der Waals surface area contributed by atoms with Gasteiger partial charge in [-0.3, -0.25) is 18.6 Å². The lowest BCUT2D eigenvalue weighted by Gasteiger charge is -2.18. The molecule has 3 unspecified atom stereocenters. The standard InChI is InChI=1S/C36H62NO10P/c1-3-5-7-9-11-13-14-15-16-17-18-20-22-24-26-28-35(40)45-29-32(38)30-46-48(43,44)47-31-33(36(41)42)37-34(39)27-25-23-21-19-12-10-8-6-4-2/h5,7,11,13,15-16,18,20,32-33,38H,3-4,6,8-10,12,14,17,19,21-31H2,1-2H3,(H,37,39)(H,41,42)(H,43,44)/b7-5-,13-11-,16-15-,20-18-. The molecule has 0 rings (SSSR count). The summed E-state index contributed by atoms with van der Waals surface area (Å²) in [6.07, 6.45) is 31.6. The van der Waals surface area contributed by atoms with Gasteiger partial charge in [0.15, 0.2) is 6.04 Å². The number of carbonyl (C=O) groups excluding carboxylic acids is 2. The van der Waals surface area contributed by atoms with Crippen molar-refractivity contribution in [2.45, 2.75) is 142 Å². The molecule has 0 spiro atoms. The number of ether oxygens (including phenoxy) is 1. The quantitative estimate of drug-likeness (QED) is 0.0235. The van der Waals surface area contributed by atoms with E-state index in [0.717, 1.165) is 57.8 Å². The summed E-state index contributed by atoms with van der Waals surface area (Å²) < 4.78 is 26.6. The molecule has 0 aliphatic carbocycles. The van der Waals surface area contributed by atoms with Crippen LogP contribution < -0.4 is 5.32 Å². The van der Waals surface area contributed by atoms with E-state index in [1.807, 2.05) is 0 Å². The summed E-state index contributed by atoms with van der Waals surface area (Å²) in [5.41, 5.74) is 0. The Labute approximate surface area is 288 Å². The van der Waals surface area contributed by atoms with Gasteiger partial charge in [-0.25, -0.2) is 9.36 Å². The van der Waals surface area contributed by atoms with E-state index in [0.29, 0.717) is 12.8 Å². The summed E-state index contributed by atoms with van der Waals surface area (Å²) >= 11 is 0. The zero-order chi connectivity index (χ0) is 35.7. The number of allylic oxidation sites excluding steroid dienone is 8. The maximum atomic E-state index is 12.2. The fraction of sp³-hybridized carbons (Fsp3) is 0.694. The first-order valence-electron chi connectivity index (χ1n) is 17.7. The molecule has 12 heteroatoms. The molecule has 0 radical (unpaired) electrons. The zero-order valence-electron chi connectivity index (χ0n) is 29.3. The van der Waals surface area contributed by atoms with Crippen molar-refractivity contribution in [3.05, 3.63) is 48.6 Å². The van der Waals surface area contributed by atoms with Crippen LogP contribution in [-0.4, -0.2) is 64.9 Å².